The Hall–Kier alpha value is -1.28. The number of rotatable bonds is 6. The van der Waals surface area contributed by atoms with Crippen molar-refractivity contribution in [2.75, 3.05) is 13.2 Å². The highest BCUT2D eigenvalue weighted by Crippen LogP contribution is 2.24. The third-order valence-electron chi connectivity index (χ3n) is 3.48. The molecular formula is C13H17F4N3O. The van der Waals surface area contributed by atoms with Gasteiger partial charge in [0.2, 0.25) is 0 Å². The Bertz CT molecular complexity index is 484. The van der Waals surface area contributed by atoms with Crippen molar-refractivity contribution in [3.63, 3.8) is 0 Å². The lowest BCUT2D eigenvalue weighted by atomic mass is 9.87. The van der Waals surface area contributed by atoms with E-state index in [1.807, 2.05) is 0 Å². The predicted octanol–water partition coefficient (Wildman–Crippen LogP) is 1.96. The summed E-state index contributed by atoms with van der Waals surface area (Å²) in [5.41, 5.74) is 7.48. The van der Waals surface area contributed by atoms with Gasteiger partial charge in [-0.1, -0.05) is 0 Å². The van der Waals surface area contributed by atoms with Crippen molar-refractivity contribution < 1.29 is 22.3 Å². The molecule has 8 heteroatoms. The molecule has 0 aliphatic heterocycles. The van der Waals surface area contributed by atoms with Crippen LogP contribution in [0.2, 0.25) is 0 Å². The molecule has 4 nitrogen and oxygen atoms in total. The molecule has 118 valence electrons. The van der Waals surface area contributed by atoms with Crippen molar-refractivity contribution in [1.29, 1.82) is 0 Å². The van der Waals surface area contributed by atoms with E-state index in [2.05, 4.69) is 14.7 Å². The Labute approximate surface area is 119 Å². The molecule has 1 aliphatic rings. The van der Waals surface area contributed by atoms with Gasteiger partial charge in [-0.05, 0) is 37.3 Å². The number of halogens is 4. The minimum absolute atomic E-state index is 0.227. The molecule has 1 aliphatic carbocycles. The van der Waals surface area contributed by atoms with E-state index >= 15 is 0 Å². The van der Waals surface area contributed by atoms with Crippen LogP contribution in [0.5, 0.6) is 0 Å². The van der Waals surface area contributed by atoms with E-state index in [1.165, 1.54) is 0 Å². The van der Waals surface area contributed by atoms with Gasteiger partial charge in [0, 0.05) is 11.9 Å². The number of hydrogen-bond acceptors (Lipinski definition) is 4. The quantitative estimate of drug-likeness (QED) is 0.816. The molecule has 21 heavy (non-hydrogen) atoms. The Morgan fingerprint density at radius 1 is 1.43 bits per heavy atom. The van der Waals surface area contributed by atoms with Gasteiger partial charge in [0.15, 0.2) is 5.82 Å². The fourth-order valence-electron chi connectivity index (χ4n) is 2.24. The van der Waals surface area contributed by atoms with Crippen LogP contribution in [0.15, 0.2) is 6.20 Å². The van der Waals surface area contributed by atoms with Gasteiger partial charge >= 0.3 is 12.3 Å². The molecule has 0 saturated heterocycles. The van der Waals surface area contributed by atoms with Gasteiger partial charge < -0.3 is 10.5 Å². The maximum absolute atomic E-state index is 12.7. The van der Waals surface area contributed by atoms with Crippen molar-refractivity contribution in [3.8, 4) is 0 Å². The highest BCUT2D eigenvalue weighted by atomic mass is 19.3. The predicted molar refractivity (Wildman–Crippen MR) is 67.2 cm³/mol. The molecule has 2 N–H and O–H groups in total. The summed E-state index contributed by atoms with van der Waals surface area (Å²) in [4.78, 5) is 8.25. The summed E-state index contributed by atoms with van der Waals surface area (Å²) in [6.45, 7) is -1.05. The summed E-state index contributed by atoms with van der Waals surface area (Å²) in [5, 5.41) is 0. The van der Waals surface area contributed by atoms with Crippen LogP contribution in [-0.4, -0.2) is 35.5 Å². The maximum atomic E-state index is 12.7. The van der Waals surface area contributed by atoms with Crippen LogP contribution in [0.4, 0.5) is 17.6 Å². The van der Waals surface area contributed by atoms with Gasteiger partial charge in [-0.25, -0.2) is 18.7 Å². The van der Waals surface area contributed by atoms with Crippen molar-refractivity contribution in [3.05, 3.63) is 23.3 Å². The first-order chi connectivity index (χ1) is 9.92. The minimum Gasteiger partial charge on any atom is -0.367 e. The molecule has 2 rings (SSSR count). The summed E-state index contributed by atoms with van der Waals surface area (Å²) in [6, 6.07) is 0. The standard InChI is InChI=1S/C13H17F4N3O/c14-12(15)13(16,17)7-21-6-11-19-5-9-3-8(4-18)1-2-10(9)20-11/h5,8,12H,1-4,6-7,18H2. The lowest BCUT2D eigenvalue weighted by Gasteiger charge is -2.22. The van der Waals surface area contributed by atoms with Gasteiger partial charge in [0.05, 0.1) is 0 Å². The van der Waals surface area contributed by atoms with Crippen LogP contribution in [0, 0.1) is 5.92 Å². The third kappa shape index (κ3) is 4.10. The van der Waals surface area contributed by atoms with Crippen molar-refractivity contribution in [1.82, 2.24) is 9.97 Å². The van der Waals surface area contributed by atoms with E-state index in [9.17, 15) is 17.6 Å². The van der Waals surface area contributed by atoms with E-state index in [1.54, 1.807) is 6.20 Å². The minimum atomic E-state index is -4.15. The molecule has 0 fully saturated rings. The molecule has 0 bridgehead atoms. The molecule has 1 aromatic rings. The fraction of sp³-hybridized carbons (Fsp3) is 0.692. The Kier molecular flexibility index (Phi) is 5.10. The number of ether oxygens (including phenoxy) is 1. The molecular weight excluding hydrogens is 290 g/mol. The maximum Gasteiger partial charge on any atom is 0.330 e. The second-order valence-electron chi connectivity index (χ2n) is 5.16. The second-order valence-corrected chi connectivity index (χ2v) is 5.16. The van der Waals surface area contributed by atoms with Crippen LogP contribution >= 0.6 is 0 Å². The summed E-state index contributed by atoms with van der Waals surface area (Å²) < 4.78 is 53.9. The Morgan fingerprint density at radius 3 is 2.86 bits per heavy atom. The summed E-state index contributed by atoms with van der Waals surface area (Å²) in [5.74, 6) is -3.51. The first-order valence-corrected chi connectivity index (χ1v) is 6.70. The smallest absolute Gasteiger partial charge is 0.330 e. The van der Waals surface area contributed by atoms with E-state index in [0.717, 1.165) is 30.5 Å². The zero-order chi connectivity index (χ0) is 15.5. The molecule has 0 spiro atoms. The van der Waals surface area contributed by atoms with Crippen molar-refractivity contribution >= 4 is 0 Å². The average Bonchev–Trinajstić information content (AvgIpc) is 2.46. The molecule has 1 heterocycles. The first kappa shape index (κ1) is 16.1. The van der Waals surface area contributed by atoms with Crippen LogP contribution in [0.3, 0.4) is 0 Å². The molecule has 0 aromatic carbocycles. The van der Waals surface area contributed by atoms with E-state index in [0.29, 0.717) is 12.5 Å². The second kappa shape index (κ2) is 6.65. The number of aromatic nitrogens is 2. The van der Waals surface area contributed by atoms with Gasteiger partial charge in [-0.15, -0.1) is 0 Å². The molecule has 0 saturated carbocycles. The fourth-order valence-corrected chi connectivity index (χ4v) is 2.24. The Morgan fingerprint density at radius 2 is 2.19 bits per heavy atom. The third-order valence-corrected chi connectivity index (χ3v) is 3.48. The summed E-state index contributed by atoms with van der Waals surface area (Å²) in [7, 11) is 0. The van der Waals surface area contributed by atoms with Gasteiger partial charge in [-0.2, -0.15) is 8.78 Å². The largest absolute Gasteiger partial charge is 0.367 e. The van der Waals surface area contributed by atoms with Crippen molar-refractivity contribution in [2.24, 2.45) is 11.7 Å². The SMILES string of the molecule is NCC1CCc2nc(COCC(F)(F)C(F)F)ncc2C1. The number of fused-ring (bicyclic) bond motifs is 1. The topological polar surface area (TPSA) is 61.0 Å². The zero-order valence-electron chi connectivity index (χ0n) is 11.4. The lowest BCUT2D eigenvalue weighted by Crippen LogP contribution is -2.32. The van der Waals surface area contributed by atoms with Gasteiger partial charge in [0.25, 0.3) is 0 Å². The Balaban J connectivity index is 1.91. The number of alkyl halides is 4. The first-order valence-electron chi connectivity index (χ1n) is 6.70. The van der Waals surface area contributed by atoms with Gasteiger partial charge in [-0.3, -0.25) is 0 Å². The molecule has 0 amide bonds. The highest BCUT2D eigenvalue weighted by molar-refractivity contribution is 5.21. The number of nitrogens with two attached hydrogens (primary N) is 1. The van der Waals surface area contributed by atoms with Crippen molar-refractivity contribution in [2.45, 2.75) is 38.2 Å². The monoisotopic (exact) mass is 307 g/mol. The van der Waals surface area contributed by atoms with Crippen LogP contribution < -0.4 is 5.73 Å². The van der Waals surface area contributed by atoms with Crippen LogP contribution in [-0.2, 0) is 24.2 Å². The lowest BCUT2D eigenvalue weighted by molar-refractivity contribution is -0.168. The van der Waals surface area contributed by atoms with E-state index in [4.69, 9.17) is 5.73 Å². The normalized spacial score (nSPS) is 18.9. The molecule has 0 radical (unpaired) electrons. The number of nitrogens with zero attached hydrogens (tertiary/aromatic N) is 2. The summed E-state index contributed by atoms with van der Waals surface area (Å²) in [6.07, 6.45) is 0.365. The molecule has 1 aromatic heterocycles. The zero-order valence-corrected chi connectivity index (χ0v) is 11.4. The molecule has 1 atom stereocenters. The number of aryl methyl sites for hydroxylation is 1. The highest BCUT2D eigenvalue weighted by Gasteiger charge is 2.41. The van der Waals surface area contributed by atoms with Crippen LogP contribution in [0.25, 0.3) is 0 Å². The summed E-state index contributed by atoms with van der Waals surface area (Å²) >= 11 is 0. The van der Waals surface area contributed by atoms with Crippen LogP contribution in [0.1, 0.15) is 23.5 Å². The molecule has 1 unspecified atom stereocenters. The van der Waals surface area contributed by atoms with Gasteiger partial charge in [0.1, 0.15) is 13.2 Å². The number of hydrogen-bond donors (Lipinski definition) is 1. The van der Waals surface area contributed by atoms with E-state index in [-0.39, 0.29) is 12.4 Å². The van der Waals surface area contributed by atoms with E-state index < -0.39 is 19.0 Å². The average molecular weight is 307 g/mol.